The maximum Gasteiger partial charge on any atom is 0.393 e. The van der Waals surface area contributed by atoms with E-state index in [9.17, 15) is 4.79 Å². The molecule has 0 rings (SSSR count). The molecular formula is C62H122O22. The molecule has 0 spiro atoms. The zero-order valence-electron chi connectivity index (χ0n) is 56.6. The van der Waals surface area contributed by atoms with Gasteiger partial charge in [-0.25, -0.2) is 4.79 Å². The first-order valence-electron chi connectivity index (χ1n) is 32.0. The average Bonchev–Trinajstić information content (AvgIpc) is 3.45. The first-order chi connectivity index (χ1) is 40.4. The van der Waals surface area contributed by atoms with Crippen LogP contribution < -0.4 is 0 Å². The Hall–Kier alpha value is -1.59. The third-order valence-corrected chi connectivity index (χ3v) is 13.2. The van der Waals surface area contributed by atoms with Crippen molar-refractivity contribution < 1.29 is 104 Å². The lowest BCUT2D eigenvalue weighted by Crippen LogP contribution is -2.93. The summed E-state index contributed by atoms with van der Waals surface area (Å²) in [5, 5.41) is 0. The van der Waals surface area contributed by atoms with E-state index >= 15 is 0 Å². The van der Waals surface area contributed by atoms with E-state index in [0.29, 0.717) is 39.1 Å². The summed E-state index contributed by atoms with van der Waals surface area (Å²) in [6.45, 7) is 40.2. The number of hydrogen-bond acceptors (Lipinski definition) is 22. The van der Waals surface area contributed by atoms with E-state index < -0.39 is 64.5 Å². The summed E-state index contributed by atoms with van der Waals surface area (Å²) >= 11 is 0. The fourth-order valence-electron chi connectivity index (χ4n) is 11.2. The lowest BCUT2D eigenvalue weighted by molar-refractivity contribution is -0.630. The van der Waals surface area contributed by atoms with Crippen molar-refractivity contribution in [3.05, 3.63) is 12.2 Å². The normalized spacial score (nSPS) is 14.0. The van der Waals surface area contributed by atoms with Gasteiger partial charge >= 0.3 is 17.7 Å². The highest BCUT2D eigenvalue weighted by molar-refractivity contribution is 5.87. The molecule has 22 heteroatoms. The molecule has 84 heavy (non-hydrogen) atoms. The standard InChI is InChI=1S/C62H122O22/c1-23-64-52(49-47-45-43-44-46-48-50-54(65-24-2,66-25-3)67-26-4)55(68-27-5,69-28-6)56(70-29-7,71-30-8)57(72-31-9,73-32-10)58(74-33-11,75-34-12)59(76-35-13,77-36-14)60(78-37-15,79-38-16)61(80-39-17,81-40-18)62(82-41-19,83-42-20)84-53(63)51(21)22/h52H,21,23-50H2,1-20,22H3. The lowest BCUT2D eigenvalue weighted by Gasteiger charge is -2.67. The summed E-state index contributed by atoms with van der Waals surface area (Å²) in [5.74, 6) is -23.7. The van der Waals surface area contributed by atoms with Crippen molar-refractivity contribution in [1.82, 2.24) is 0 Å². The van der Waals surface area contributed by atoms with Gasteiger partial charge in [-0.05, 0) is 158 Å². The smallest absolute Gasteiger partial charge is 0.393 e. The van der Waals surface area contributed by atoms with Crippen LogP contribution >= 0.6 is 0 Å². The van der Waals surface area contributed by atoms with E-state index in [2.05, 4.69) is 6.58 Å². The van der Waals surface area contributed by atoms with Crippen LogP contribution in [0.3, 0.4) is 0 Å². The van der Waals surface area contributed by atoms with Crippen LogP contribution in [0.25, 0.3) is 0 Å². The highest BCUT2D eigenvalue weighted by atomic mass is 17.0. The number of rotatable bonds is 59. The highest BCUT2D eigenvalue weighted by Gasteiger charge is 2.94. The second kappa shape index (κ2) is 43.2. The first-order valence-corrected chi connectivity index (χ1v) is 32.0. The van der Waals surface area contributed by atoms with Crippen LogP contribution in [0, 0.1) is 0 Å². The van der Waals surface area contributed by atoms with Crippen LogP contribution in [0.4, 0.5) is 0 Å². The second-order valence-electron chi connectivity index (χ2n) is 18.6. The third kappa shape index (κ3) is 18.1. The molecule has 0 saturated carbocycles. The highest BCUT2D eigenvalue weighted by Crippen LogP contribution is 2.63. The Labute approximate surface area is 508 Å². The Kier molecular flexibility index (Phi) is 42.4. The summed E-state index contributed by atoms with van der Waals surface area (Å²) in [6.07, 6.45) is 5.01. The van der Waals surface area contributed by atoms with Gasteiger partial charge in [0, 0.05) is 131 Å². The van der Waals surface area contributed by atoms with Gasteiger partial charge in [0.05, 0.1) is 13.2 Å². The minimum Gasteiger partial charge on any atom is -0.400 e. The monoisotopic (exact) mass is 1220 g/mol. The molecule has 22 nitrogen and oxygen atoms in total. The van der Waals surface area contributed by atoms with Crippen molar-refractivity contribution in [2.75, 3.05) is 132 Å². The molecule has 0 fully saturated rings. The Morgan fingerprint density at radius 3 is 0.869 bits per heavy atom. The summed E-state index contributed by atoms with van der Waals surface area (Å²) in [7, 11) is 0. The van der Waals surface area contributed by atoms with E-state index in [1.54, 1.807) is 96.9 Å². The molecule has 0 amide bonds. The van der Waals surface area contributed by atoms with Gasteiger partial charge in [0.2, 0.25) is 0 Å². The largest absolute Gasteiger partial charge is 0.400 e. The van der Waals surface area contributed by atoms with Gasteiger partial charge in [0.1, 0.15) is 6.10 Å². The summed E-state index contributed by atoms with van der Waals surface area (Å²) in [5.41, 5.74) is -0.0184. The zero-order valence-corrected chi connectivity index (χ0v) is 56.6. The van der Waals surface area contributed by atoms with Crippen molar-refractivity contribution in [1.29, 1.82) is 0 Å². The SMILES string of the molecule is C=C(C)C(=O)OC(OCC)(OCC)C(OCC)(OCC)C(OCC)(OCC)C(OCC)(OCC)C(OCC)(OCC)C(OCC)(OCC)C(OCC)(OCC)C(OCC)(OCC)C(CCCCCCCCC(OCC)(OCC)OCC)OCC. The minimum atomic E-state index is -2.89. The molecule has 0 saturated heterocycles. The molecule has 502 valence electrons. The Morgan fingerprint density at radius 1 is 0.310 bits per heavy atom. The van der Waals surface area contributed by atoms with Crippen LogP contribution in [0.2, 0.25) is 0 Å². The minimum absolute atomic E-state index is 0.0177. The van der Waals surface area contributed by atoms with Crippen LogP contribution in [0.5, 0.6) is 0 Å². The van der Waals surface area contributed by atoms with Gasteiger partial charge in [0.15, 0.2) is 0 Å². The number of unbranched alkanes of at least 4 members (excludes halogenated alkanes) is 5. The van der Waals surface area contributed by atoms with E-state index in [-0.39, 0.29) is 118 Å². The average molecular weight is 1220 g/mol. The van der Waals surface area contributed by atoms with Gasteiger partial charge in [-0.15, -0.1) is 0 Å². The second-order valence-corrected chi connectivity index (χ2v) is 18.6. The summed E-state index contributed by atoms with van der Waals surface area (Å²) in [4.78, 5) is 14.4. The molecule has 1 unspecified atom stereocenters. The fourth-order valence-corrected chi connectivity index (χ4v) is 11.2. The Balaban J connectivity index is 10.1. The molecule has 0 bridgehead atoms. The fraction of sp³-hybridized carbons (Fsp3) is 0.952. The van der Waals surface area contributed by atoms with E-state index in [4.69, 9.17) is 99.5 Å². The molecule has 1 atom stereocenters. The van der Waals surface area contributed by atoms with Gasteiger partial charge in [-0.3, -0.25) is 0 Å². The van der Waals surface area contributed by atoms with Crippen molar-refractivity contribution in [2.45, 2.75) is 255 Å². The predicted octanol–water partition coefficient (Wildman–Crippen LogP) is 11.5. The van der Waals surface area contributed by atoms with Crippen molar-refractivity contribution in [2.24, 2.45) is 0 Å². The predicted molar refractivity (Wildman–Crippen MR) is 319 cm³/mol. The molecule has 0 N–H and O–H groups in total. The van der Waals surface area contributed by atoms with Gasteiger partial charge < -0.3 is 99.5 Å². The number of ether oxygens (including phenoxy) is 21. The van der Waals surface area contributed by atoms with Crippen LogP contribution in [0.1, 0.15) is 197 Å². The zero-order chi connectivity index (χ0) is 63.9. The van der Waals surface area contributed by atoms with Crippen molar-refractivity contribution in [3.63, 3.8) is 0 Å². The molecular weight excluding hydrogens is 1100 g/mol. The Bertz CT molecular complexity index is 1600. The molecule has 0 aliphatic carbocycles. The molecule has 0 aromatic carbocycles. The molecule has 0 aliphatic heterocycles. The van der Waals surface area contributed by atoms with Crippen molar-refractivity contribution >= 4 is 5.97 Å². The topological polar surface area (TPSA) is 211 Å². The number of carbonyl (C=O) groups is 1. The number of hydrogen-bond donors (Lipinski definition) is 0. The Morgan fingerprint density at radius 2 is 0.571 bits per heavy atom. The van der Waals surface area contributed by atoms with Crippen LogP contribution in [0.15, 0.2) is 12.2 Å². The number of carbonyl (C=O) groups excluding carboxylic acids is 1. The first kappa shape index (κ1) is 82.4. The van der Waals surface area contributed by atoms with Crippen molar-refractivity contribution in [3.8, 4) is 0 Å². The molecule has 0 aromatic rings. The van der Waals surface area contributed by atoms with Gasteiger partial charge in [-0.1, -0.05) is 38.7 Å². The molecule has 0 heterocycles. The summed E-state index contributed by atoms with van der Waals surface area (Å²) < 4.78 is 148. The van der Waals surface area contributed by atoms with E-state index in [1.807, 2.05) is 41.5 Å². The maximum atomic E-state index is 14.4. The van der Waals surface area contributed by atoms with Crippen LogP contribution in [-0.2, 0) is 104 Å². The van der Waals surface area contributed by atoms with Crippen LogP contribution in [-0.4, -0.2) is 197 Å². The third-order valence-electron chi connectivity index (χ3n) is 13.2. The molecule has 0 aliphatic rings. The van der Waals surface area contributed by atoms with E-state index in [1.165, 1.54) is 6.92 Å². The molecule has 0 aromatic heterocycles. The summed E-state index contributed by atoms with van der Waals surface area (Å²) in [6, 6.07) is 0. The quantitative estimate of drug-likeness (QED) is 0.0240. The van der Waals surface area contributed by atoms with Gasteiger partial charge in [-0.2, -0.15) is 0 Å². The van der Waals surface area contributed by atoms with Gasteiger partial charge in [0.25, 0.3) is 40.7 Å². The lowest BCUT2D eigenvalue weighted by atomic mass is 9.74. The molecule has 0 radical (unpaired) electrons. The maximum absolute atomic E-state index is 14.4. The van der Waals surface area contributed by atoms with E-state index in [0.717, 1.165) is 32.1 Å². The number of esters is 1.